The molecule has 0 fully saturated rings. The molecule has 1 aromatic heterocycles. The highest BCUT2D eigenvalue weighted by molar-refractivity contribution is 7.92. The highest BCUT2D eigenvalue weighted by Gasteiger charge is 2.25. The third-order valence-corrected chi connectivity index (χ3v) is 4.96. The van der Waals surface area contributed by atoms with Crippen LogP contribution in [0.2, 0.25) is 5.02 Å². The van der Waals surface area contributed by atoms with Crippen molar-refractivity contribution in [2.75, 3.05) is 11.3 Å². The largest absolute Gasteiger partial charge is 0.492 e. The summed E-state index contributed by atoms with van der Waals surface area (Å²) >= 11 is 6.11. The van der Waals surface area contributed by atoms with Gasteiger partial charge in [-0.05, 0) is 45.4 Å². The fraction of sp³-hybridized carbons (Fsp3) is 0.357. The second kappa shape index (κ2) is 6.18. The second-order valence-electron chi connectivity index (χ2n) is 4.79. The quantitative estimate of drug-likeness (QED) is 0.898. The Balaban J connectivity index is 2.41. The van der Waals surface area contributed by atoms with Crippen LogP contribution in [0.3, 0.4) is 0 Å². The number of halogens is 1. The number of ether oxygens (including phenoxy) is 1. The Kier molecular flexibility index (Phi) is 4.67. The van der Waals surface area contributed by atoms with Crippen LogP contribution in [0.1, 0.15) is 23.9 Å². The average Bonchev–Trinajstić information content (AvgIpc) is 2.75. The van der Waals surface area contributed by atoms with Gasteiger partial charge in [-0.15, -0.1) is 0 Å². The van der Waals surface area contributed by atoms with Crippen LogP contribution in [0.15, 0.2) is 21.6 Å². The maximum Gasteiger partial charge on any atom is 0.267 e. The predicted molar refractivity (Wildman–Crippen MR) is 84.1 cm³/mol. The van der Waals surface area contributed by atoms with Gasteiger partial charge in [0.1, 0.15) is 11.4 Å². The smallest absolute Gasteiger partial charge is 0.267 e. The van der Waals surface area contributed by atoms with Crippen LogP contribution in [-0.2, 0) is 10.0 Å². The molecule has 0 saturated heterocycles. The standard InChI is InChI=1S/C14H17ClN2O4S/c1-5-20-13-6-8(2)12(7-11(13)15)17-22(18,19)14-9(3)16-21-10(14)4/h6-7,17H,5H2,1-4H3. The topological polar surface area (TPSA) is 81.4 Å². The van der Waals surface area contributed by atoms with Gasteiger partial charge in [0.15, 0.2) is 10.7 Å². The molecule has 8 heteroatoms. The van der Waals surface area contributed by atoms with E-state index in [0.29, 0.717) is 34.3 Å². The Morgan fingerprint density at radius 1 is 1.32 bits per heavy atom. The molecular weight excluding hydrogens is 328 g/mol. The number of nitrogens with zero attached hydrogens (tertiary/aromatic N) is 1. The van der Waals surface area contributed by atoms with Crippen LogP contribution < -0.4 is 9.46 Å². The van der Waals surface area contributed by atoms with Crippen molar-refractivity contribution in [2.24, 2.45) is 0 Å². The van der Waals surface area contributed by atoms with Crippen LogP contribution in [0.25, 0.3) is 0 Å². The number of rotatable bonds is 5. The highest BCUT2D eigenvalue weighted by Crippen LogP contribution is 2.32. The normalized spacial score (nSPS) is 11.5. The summed E-state index contributed by atoms with van der Waals surface area (Å²) in [5.41, 5.74) is 1.39. The molecular formula is C14H17ClN2O4S. The molecule has 2 rings (SSSR count). The van der Waals surface area contributed by atoms with Crippen LogP contribution in [0.5, 0.6) is 5.75 Å². The monoisotopic (exact) mass is 344 g/mol. The molecule has 0 radical (unpaired) electrons. The van der Waals surface area contributed by atoms with Crippen molar-refractivity contribution in [1.29, 1.82) is 0 Å². The number of hydrogen-bond acceptors (Lipinski definition) is 5. The first-order chi connectivity index (χ1) is 10.3. The van der Waals surface area contributed by atoms with Crippen molar-refractivity contribution in [3.8, 4) is 5.75 Å². The van der Waals surface area contributed by atoms with Crippen molar-refractivity contribution in [1.82, 2.24) is 5.16 Å². The van der Waals surface area contributed by atoms with Gasteiger partial charge in [0.05, 0.1) is 17.3 Å². The van der Waals surface area contributed by atoms with Crippen LogP contribution >= 0.6 is 11.6 Å². The van der Waals surface area contributed by atoms with Crippen molar-refractivity contribution in [2.45, 2.75) is 32.6 Å². The van der Waals surface area contributed by atoms with Gasteiger partial charge in [-0.25, -0.2) is 8.42 Å². The van der Waals surface area contributed by atoms with Gasteiger partial charge in [-0.2, -0.15) is 0 Å². The SMILES string of the molecule is CCOc1cc(C)c(NS(=O)(=O)c2c(C)noc2C)cc1Cl. The molecule has 0 aliphatic rings. The summed E-state index contributed by atoms with van der Waals surface area (Å²) in [7, 11) is -3.80. The molecule has 1 N–H and O–H groups in total. The van der Waals surface area contributed by atoms with E-state index in [1.165, 1.54) is 6.07 Å². The maximum absolute atomic E-state index is 12.5. The minimum atomic E-state index is -3.80. The zero-order valence-corrected chi connectivity index (χ0v) is 14.3. The van der Waals surface area contributed by atoms with E-state index < -0.39 is 10.0 Å². The Labute approximate surface area is 134 Å². The van der Waals surface area contributed by atoms with E-state index in [4.69, 9.17) is 20.9 Å². The highest BCUT2D eigenvalue weighted by atomic mass is 35.5. The first kappa shape index (κ1) is 16.6. The lowest BCUT2D eigenvalue weighted by atomic mass is 10.2. The van der Waals surface area contributed by atoms with E-state index >= 15 is 0 Å². The Morgan fingerprint density at radius 3 is 2.55 bits per heavy atom. The van der Waals surface area contributed by atoms with E-state index in [9.17, 15) is 8.42 Å². The maximum atomic E-state index is 12.5. The van der Waals surface area contributed by atoms with Crippen LogP contribution in [0, 0.1) is 20.8 Å². The van der Waals surface area contributed by atoms with Crippen molar-refractivity contribution in [3.63, 3.8) is 0 Å². The molecule has 1 aromatic carbocycles. The molecule has 0 aliphatic heterocycles. The number of hydrogen-bond donors (Lipinski definition) is 1. The molecule has 0 unspecified atom stereocenters. The second-order valence-corrected chi connectivity index (χ2v) is 6.82. The van der Waals surface area contributed by atoms with Crippen LogP contribution in [-0.4, -0.2) is 20.2 Å². The lowest BCUT2D eigenvalue weighted by Gasteiger charge is -2.13. The molecule has 22 heavy (non-hydrogen) atoms. The Bertz CT molecular complexity index is 780. The van der Waals surface area contributed by atoms with Gasteiger partial charge in [0.25, 0.3) is 10.0 Å². The number of benzene rings is 1. The lowest BCUT2D eigenvalue weighted by molar-refractivity contribution is 0.340. The molecule has 0 spiro atoms. The number of anilines is 1. The van der Waals surface area contributed by atoms with Gasteiger partial charge in [0, 0.05) is 0 Å². The van der Waals surface area contributed by atoms with E-state index in [0.717, 1.165) is 0 Å². The third-order valence-electron chi connectivity index (χ3n) is 3.06. The summed E-state index contributed by atoms with van der Waals surface area (Å²) in [5, 5.41) is 4.00. The Morgan fingerprint density at radius 2 is 2.00 bits per heavy atom. The molecule has 0 atom stereocenters. The molecule has 1 heterocycles. The third kappa shape index (κ3) is 3.20. The van der Waals surface area contributed by atoms with Gasteiger partial charge in [-0.3, -0.25) is 4.72 Å². The molecule has 2 aromatic rings. The number of sulfonamides is 1. The first-order valence-electron chi connectivity index (χ1n) is 6.65. The Hall–Kier alpha value is -1.73. The fourth-order valence-corrected chi connectivity index (χ4v) is 3.76. The van der Waals surface area contributed by atoms with E-state index in [2.05, 4.69) is 9.88 Å². The van der Waals surface area contributed by atoms with Gasteiger partial charge in [0.2, 0.25) is 0 Å². The van der Waals surface area contributed by atoms with Gasteiger partial charge in [-0.1, -0.05) is 16.8 Å². The van der Waals surface area contributed by atoms with Gasteiger partial charge < -0.3 is 9.26 Å². The summed E-state index contributed by atoms with van der Waals surface area (Å²) in [5.74, 6) is 0.752. The zero-order chi connectivity index (χ0) is 16.5. The lowest BCUT2D eigenvalue weighted by Crippen LogP contribution is -2.15. The fourth-order valence-electron chi connectivity index (χ4n) is 2.09. The summed E-state index contributed by atoms with van der Waals surface area (Å²) in [4.78, 5) is 0.0388. The van der Waals surface area contributed by atoms with Gasteiger partial charge >= 0.3 is 0 Å². The van der Waals surface area contributed by atoms with Crippen molar-refractivity contribution < 1.29 is 17.7 Å². The zero-order valence-electron chi connectivity index (χ0n) is 12.7. The summed E-state index contributed by atoms with van der Waals surface area (Å²) < 4.78 is 37.8. The van der Waals surface area contributed by atoms with Crippen molar-refractivity contribution in [3.05, 3.63) is 34.2 Å². The number of aryl methyl sites for hydroxylation is 3. The molecule has 120 valence electrons. The summed E-state index contributed by atoms with van der Waals surface area (Å²) in [6, 6.07) is 3.22. The average molecular weight is 345 g/mol. The molecule has 0 amide bonds. The van der Waals surface area contributed by atoms with E-state index in [1.807, 2.05) is 6.92 Å². The van der Waals surface area contributed by atoms with Crippen LogP contribution in [0.4, 0.5) is 5.69 Å². The minimum absolute atomic E-state index is 0.0388. The molecule has 0 bridgehead atoms. The van der Waals surface area contributed by atoms with E-state index in [-0.39, 0.29) is 10.7 Å². The first-order valence-corrected chi connectivity index (χ1v) is 8.51. The number of nitrogens with one attached hydrogen (secondary N) is 1. The van der Waals surface area contributed by atoms with Crippen molar-refractivity contribution >= 4 is 27.3 Å². The summed E-state index contributed by atoms with van der Waals surface area (Å²) in [6.45, 7) is 7.21. The molecule has 0 saturated carbocycles. The molecule has 6 nitrogen and oxygen atoms in total. The summed E-state index contributed by atoms with van der Waals surface area (Å²) in [6.07, 6.45) is 0. The van der Waals surface area contributed by atoms with E-state index in [1.54, 1.807) is 26.8 Å². The minimum Gasteiger partial charge on any atom is -0.492 e. The molecule has 0 aliphatic carbocycles. The number of aromatic nitrogens is 1. The predicted octanol–water partition coefficient (Wildman–Crippen LogP) is 3.45.